The molecule has 0 aromatic heterocycles. The Hall–Kier alpha value is -1.93. The van der Waals surface area contributed by atoms with Crippen molar-refractivity contribution in [2.75, 3.05) is 6.61 Å². The highest BCUT2D eigenvalue weighted by Gasteiger charge is 2.42. The molecule has 106 valence electrons. The van der Waals surface area contributed by atoms with Gasteiger partial charge in [-0.05, 0) is 12.1 Å². The fourth-order valence-corrected chi connectivity index (χ4v) is 1.08. The molecule has 0 bridgehead atoms. The Morgan fingerprint density at radius 1 is 1.26 bits per heavy atom. The monoisotopic (exact) mass is 286 g/mol. The van der Waals surface area contributed by atoms with Crippen molar-refractivity contribution < 1.29 is 31.1 Å². The Morgan fingerprint density at radius 2 is 1.74 bits per heavy atom. The van der Waals surface area contributed by atoms with Crippen molar-refractivity contribution in [3.05, 3.63) is 29.3 Å². The van der Waals surface area contributed by atoms with Crippen molar-refractivity contribution in [3.8, 4) is 5.75 Å². The minimum Gasteiger partial charge on any atom is -0.481 e. The van der Waals surface area contributed by atoms with E-state index in [2.05, 4.69) is 4.74 Å². The second-order valence-electron chi connectivity index (χ2n) is 3.53. The number of rotatable bonds is 5. The summed E-state index contributed by atoms with van der Waals surface area (Å²) in [7, 11) is 0. The Balaban J connectivity index is 2.94. The van der Waals surface area contributed by atoms with Crippen LogP contribution in [-0.4, -0.2) is 24.8 Å². The van der Waals surface area contributed by atoms with Gasteiger partial charge >= 0.3 is 12.3 Å². The maximum Gasteiger partial charge on any atom is 0.340 e. The van der Waals surface area contributed by atoms with Crippen molar-refractivity contribution in [1.29, 1.82) is 5.41 Å². The zero-order valence-electron chi connectivity index (χ0n) is 9.19. The second-order valence-corrected chi connectivity index (χ2v) is 3.53. The number of nitrogens with two attached hydrogens (primary N) is 1. The summed E-state index contributed by atoms with van der Waals surface area (Å²) in [4.78, 5) is 0. The zero-order valence-corrected chi connectivity index (χ0v) is 9.19. The van der Waals surface area contributed by atoms with Gasteiger partial charge in [-0.25, -0.2) is 17.6 Å². The summed E-state index contributed by atoms with van der Waals surface area (Å²) in [5.41, 5.74) is 4.64. The maximum atomic E-state index is 13.3. The lowest BCUT2D eigenvalue weighted by Gasteiger charge is -2.16. The van der Waals surface area contributed by atoms with E-state index < -0.39 is 42.2 Å². The summed E-state index contributed by atoms with van der Waals surface area (Å²) in [6.45, 7) is -1.88. The number of hydrogen-bond acceptors (Lipinski definition) is 2. The molecule has 0 amide bonds. The first kappa shape index (κ1) is 15.1. The number of amidine groups is 1. The highest BCUT2D eigenvalue weighted by molar-refractivity contribution is 5.95. The van der Waals surface area contributed by atoms with Gasteiger partial charge in [-0.1, -0.05) is 0 Å². The van der Waals surface area contributed by atoms with Crippen LogP contribution in [0.5, 0.6) is 5.75 Å². The van der Waals surface area contributed by atoms with Gasteiger partial charge in [-0.3, -0.25) is 5.41 Å². The van der Waals surface area contributed by atoms with Gasteiger partial charge in [0.15, 0.2) is 24.0 Å². The molecule has 0 radical (unpaired) electrons. The Bertz CT molecular complexity index is 468. The van der Waals surface area contributed by atoms with E-state index in [1.807, 2.05) is 0 Å². The highest BCUT2D eigenvalue weighted by atomic mass is 19.3. The number of benzene rings is 1. The van der Waals surface area contributed by atoms with Crippen molar-refractivity contribution in [2.24, 2.45) is 5.73 Å². The maximum absolute atomic E-state index is 13.3. The van der Waals surface area contributed by atoms with E-state index in [4.69, 9.17) is 11.1 Å². The van der Waals surface area contributed by atoms with E-state index in [1.165, 1.54) is 0 Å². The minimum absolute atomic E-state index is 0.331. The van der Waals surface area contributed by atoms with Gasteiger partial charge in [0, 0.05) is 5.56 Å². The van der Waals surface area contributed by atoms with Gasteiger partial charge < -0.3 is 10.5 Å². The molecular formula is C10H8F6N2O. The number of hydrogen-bond donors (Lipinski definition) is 2. The molecule has 0 saturated heterocycles. The van der Waals surface area contributed by atoms with Gasteiger partial charge in [0.1, 0.15) is 5.84 Å². The largest absolute Gasteiger partial charge is 0.481 e. The molecule has 0 atom stereocenters. The average Bonchev–Trinajstić information content (AvgIpc) is 2.27. The number of halogens is 6. The van der Waals surface area contributed by atoms with Gasteiger partial charge in [-0.15, -0.1) is 0 Å². The van der Waals surface area contributed by atoms with Gasteiger partial charge in [-0.2, -0.15) is 8.78 Å². The first-order chi connectivity index (χ1) is 8.65. The topological polar surface area (TPSA) is 59.1 Å². The molecule has 1 aromatic carbocycles. The fourth-order valence-electron chi connectivity index (χ4n) is 1.08. The summed E-state index contributed by atoms with van der Waals surface area (Å²) in [5, 5.41) is 6.94. The van der Waals surface area contributed by atoms with Crippen LogP contribution in [0.3, 0.4) is 0 Å². The lowest BCUT2D eigenvalue weighted by Crippen LogP contribution is -2.34. The van der Waals surface area contributed by atoms with Crippen molar-refractivity contribution in [1.82, 2.24) is 0 Å². The molecule has 0 unspecified atom stereocenters. The molecule has 1 aromatic rings. The van der Waals surface area contributed by atoms with Crippen LogP contribution in [-0.2, 0) is 0 Å². The minimum atomic E-state index is -4.53. The average molecular weight is 286 g/mol. The van der Waals surface area contributed by atoms with Crippen LogP contribution < -0.4 is 10.5 Å². The third kappa shape index (κ3) is 3.52. The van der Waals surface area contributed by atoms with E-state index in [1.54, 1.807) is 0 Å². The summed E-state index contributed by atoms with van der Waals surface area (Å²) < 4.78 is 79.3. The van der Waals surface area contributed by atoms with E-state index in [0.29, 0.717) is 12.1 Å². The van der Waals surface area contributed by atoms with Crippen LogP contribution >= 0.6 is 0 Å². The van der Waals surface area contributed by atoms with E-state index >= 15 is 0 Å². The molecule has 0 aliphatic rings. The Morgan fingerprint density at radius 3 is 2.11 bits per heavy atom. The number of nitrogens with one attached hydrogen (secondary N) is 1. The molecule has 1 rings (SSSR count). The van der Waals surface area contributed by atoms with Gasteiger partial charge in [0.2, 0.25) is 0 Å². The predicted molar refractivity (Wildman–Crippen MR) is 53.8 cm³/mol. The van der Waals surface area contributed by atoms with E-state index in [0.717, 1.165) is 0 Å². The molecular weight excluding hydrogens is 278 g/mol. The number of ether oxygens (including phenoxy) is 1. The summed E-state index contributed by atoms with van der Waals surface area (Å²) >= 11 is 0. The SMILES string of the molecule is N=C(N)c1cc(F)c(OCC(F)(F)C(F)F)c(F)c1. The second kappa shape index (κ2) is 5.37. The Labute approximate surface area is 103 Å². The molecule has 0 saturated carbocycles. The normalized spacial score (nSPS) is 11.7. The zero-order chi connectivity index (χ0) is 14.8. The summed E-state index contributed by atoms with van der Waals surface area (Å²) in [6.07, 6.45) is -4.02. The quantitative estimate of drug-likeness (QED) is 0.496. The van der Waals surface area contributed by atoms with Crippen molar-refractivity contribution in [3.63, 3.8) is 0 Å². The molecule has 0 spiro atoms. The van der Waals surface area contributed by atoms with Crippen LogP contribution in [0, 0.1) is 17.0 Å². The summed E-state index contributed by atoms with van der Waals surface area (Å²) in [5.74, 6) is -9.25. The molecule has 0 heterocycles. The van der Waals surface area contributed by atoms with Crippen LogP contribution in [0.4, 0.5) is 26.3 Å². The number of nitrogen functional groups attached to an aromatic ring is 1. The standard InChI is InChI=1S/C10H8F6N2O/c11-5-1-4(8(17)18)2-6(12)7(5)19-3-10(15,16)9(13)14/h1-2,9H,3H2,(H3,17,18). The molecule has 0 fully saturated rings. The first-order valence-corrected chi connectivity index (χ1v) is 4.77. The molecule has 19 heavy (non-hydrogen) atoms. The lowest BCUT2D eigenvalue weighted by atomic mass is 10.2. The van der Waals surface area contributed by atoms with E-state index in [-0.39, 0.29) is 5.56 Å². The van der Waals surface area contributed by atoms with E-state index in [9.17, 15) is 26.3 Å². The third-order valence-corrected chi connectivity index (χ3v) is 2.04. The predicted octanol–water partition coefficient (Wildman–Crippen LogP) is 2.53. The van der Waals surface area contributed by atoms with Gasteiger partial charge in [0.05, 0.1) is 0 Å². The highest BCUT2D eigenvalue weighted by Crippen LogP contribution is 2.28. The molecule has 9 heteroatoms. The molecule has 0 aliphatic heterocycles. The molecule has 0 aliphatic carbocycles. The van der Waals surface area contributed by atoms with Crippen molar-refractivity contribution in [2.45, 2.75) is 12.3 Å². The number of alkyl halides is 4. The smallest absolute Gasteiger partial charge is 0.340 e. The third-order valence-electron chi connectivity index (χ3n) is 2.04. The fraction of sp³-hybridized carbons (Fsp3) is 0.300. The van der Waals surface area contributed by atoms with Crippen molar-refractivity contribution >= 4 is 5.84 Å². The van der Waals surface area contributed by atoms with Gasteiger partial charge in [0.25, 0.3) is 0 Å². The lowest BCUT2D eigenvalue weighted by molar-refractivity contribution is -0.148. The Kier molecular flexibility index (Phi) is 4.28. The van der Waals surface area contributed by atoms with Crippen LogP contribution in [0.1, 0.15) is 5.56 Å². The molecule has 3 nitrogen and oxygen atoms in total. The molecule has 3 N–H and O–H groups in total. The van der Waals surface area contributed by atoms with Crippen LogP contribution in [0.15, 0.2) is 12.1 Å². The summed E-state index contributed by atoms with van der Waals surface area (Å²) in [6, 6.07) is 1.14. The van der Waals surface area contributed by atoms with Crippen LogP contribution in [0.2, 0.25) is 0 Å². The van der Waals surface area contributed by atoms with Crippen LogP contribution in [0.25, 0.3) is 0 Å². The first-order valence-electron chi connectivity index (χ1n) is 4.77.